The first-order valence-electron chi connectivity index (χ1n) is 6.13. The highest BCUT2D eigenvalue weighted by Gasteiger charge is 2.17. The molecule has 1 aromatic heterocycles. The first kappa shape index (κ1) is 10.5. The Bertz CT molecular complexity index is 520. The maximum Gasteiger partial charge on any atom is 0.0705 e. The molecular formula is C15H16N2. The number of nitrogens with one attached hydrogen (secondary N) is 1. The van der Waals surface area contributed by atoms with Crippen molar-refractivity contribution in [3.05, 3.63) is 53.7 Å². The van der Waals surface area contributed by atoms with E-state index in [-0.39, 0.29) is 0 Å². The van der Waals surface area contributed by atoms with Crippen molar-refractivity contribution < 1.29 is 0 Å². The molecule has 0 radical (unpaired) electrons. The summed E-state index contributed by atoms with van der Waals surface area (Å²) in [5, 5.41) is 3.46. The highest BCUT2D eigenvalue weighted by atomic mass is 14.9. The molecule has 1 unspecified atom stereocenters. The lowest BCUT2D eigenvalue weighted by molar-refractivity contribution is 0.533. The Morgan fingerprint density at radius 1 is 1.12 bits per heavy atom. The van der Waals surface area contributed by atoms with E-state index in [4.69, 9.17) is 4.98 Å². The molecule has 1 aromatic carbocycles. The maximum atomic E-state index is 4.79. The van der Waals surface area contributed by atoms with Crippen LogP contribution in [-0.4, -0.2) is 11.5 Å². The number of fused-ring (bicyclic) bond motifs is 1. The second-order valence-corrected chi connectivity index (χ2v) is 4.52. The molecule has 0 saturated heterocycles. The zero-order valence-electron chi connectivity index (χ0n) is 9.98. The average Bonchev–Trinajstić information content (AvgIpc) is 2.40. The van der Waals surface area contributed by atoms with Gasteiger partial charge in [0.25, 0.3) is 0 Å². The van der Waals surface area contributed by atoms with Crippen LogP contribution in [0.2, 0.25) is 0 Å². The van der Waals surface area contributed by atoms with Crippen LogP contribution in [0, 0.1) is 0 Å². The van der Waals surface area contributed by atoms with Gasteiger partial charge in [-0.1, -0.05) is 36.4 Å². The first-order chi connectivity index (χ1) is 8.34. The Morgan fingerprint density at radius 2 is 1.94 bits per heavy atom. The third-order valence-corrected chi connectivity index (χ3v) is 3.36. The van der Waals surface area contributed by atoms with Gasteiger partial charge in [-0.15, -0.1) is 0 Å². The fraction of sp³-hybridized carbons (Fsp3) is 0.267. The monoisotopic (exact) mass is 224 g/mol. The normalized spacial score (nSPS) is 18.8. The van der Waals surface area contributed by atoms with E-state index in [0.717, 1.165) is 18.7 Å². The molecule has 0 bridgehead atoms. The summed E-state index contributed by atoms with van der Waals surface area (Å²) < 4.78 is 0. The largest absolute Gasteiger partial charge is 0.310 e. The molecule has 3 rings (SSSR count). The lowest BCUT2D eigenvalue weighted by Crippen LogP contribution is -2.28. The second kappa shape index (κ2) is 4.30. The second-order valence-electron chi connectivity index (χ2n) is 4.52. The van der Waals surface area contributed by atoms with Crippen LogP contribution >= 0.6 is 0 Å². The SMILES string of the molecule is CC1NCCc2nc(-c3ccccc3)ccc21. The van der Waals surface area contributed by atoms with Crippen LogP contribution in [0.15, 0.2) is 42.5 Å². The van der Waals surface area contributed by atoms with Gasteiger partial charge in [0, 0.05) is 30.3 Å². The zero-order chi connectivity index (χ0) is 11.7. The van der Waals surface area contributed by atoms with Crippen molar-refractivity contribution in [3.63, 3.8) is 0 Å². The van der Waals surface area contributed by atoms with Crippen LogP contribution in [0.3, 0.4) is 0 Å². The highest BCUT2D eigenvalue weighted by Crippen LogP contribution is 2.24. The lowest BCUT2D eigenvalue weighted by Gasteiger charge is -2.23. The average molecular weight is 224 g/mol. The van der Waals surface area contributed by atoms with Gasteiger partial charge in [0.2, 0.25) is 0 Å². The first-order valence-corrected chi connectivity index (χ1v) is 6.13. The van der Waals surface area contributed by atoms with Crippen LogP contribution < -0.4 is 5.32 Å². The molecule has 0 amide bonds. The fourth-order valence-corrected chi connectivity index (χ4v) is 2.39. The van der Waals surface area contributed by atoms with Crippen molar-refractivity contribution in [1.82, 2.24) is 10.3 Å². The molecule has 0 spiro atoms. The number of hydrogen-bond acceptors (Lipinski definition) is 2. The summed E-state index contributed by atoms with van der Waals surface area (Å²) in [5.41, 5.74) is 4.87. The minimum atomic E-state index is 0.427. The number of aromatic nitrogens is 1. The molecule has 1 aliphatic heterocycles. The molecule has 1 N–H and O–H groups in total. The predicted molar refractivity (Wildman–Crippen MR) is 69.8 cm³/mol. The standard InChI is InChI=1S/C15H16N2/c1-11-13-7-8-14(12-5-3-2-4-6-12)17-15(13)9-10-16-11/h2-8,11,16H,9-10H2,1H3. The quantitative estimate of drug-likeness (QED) is 0.805. The van der Waals surface area contributed by atoms with Gasteiger partial charge >= 0.3 is 0 Å². The van der Waals surface area contributed by atoms with Crippen LogP contribution in [-0.2, 0) is 6.42 Å². The van der Waals surface area contributed by atoms with Crippen molar-refractivity contribution in [2.24, 2.45) is 0 Å². The summed E-state index contributed by atoms with van der Waals surface area (Å²) in [6.45, 7) is 3.22. The fourth-order valence-electron chi connectivity index (χ4n) is 2.39. The number of nitrogens with zero attached hydrogens (tertiary/aromatic N) is 1. The van der Waals surface area contributed by atoms with E-state index in [0.29, 0.717) is 6.04 Å². The number of pyridine rings is 1. The van der Waals surface area contributed by atoms with E-state index >= 15 is 0 Å². The Kier molecular flexibility index (Phi) is 2.65. The lowest BCUT2D eigenvalue weighted by atomic mass is 9.99. The number of benzene rings is 1. The molecule has 0 fully saturated rings. The molecule has 2 heterocycles. The molecule has 2 heteroatoms. The highest BCUT2D eigenvalue weighted by molar-refractivity contribution is 5.59. The van der Waals surface area contributed by atoms with Crippen molar-refractivity contribution in [2.75, 3.05) is 6.54 Å². The summed E-state index contributed by atoms with van der Waals surface area (Å²) in [6.07, 6.45) is 1.03. The zero-order valence-corrected chi connectivity index (χ0v) is 9.98. The van der Waals surface area contributed by atoms with E-state index in [1.54, 1.807) is 0 Å². The van der Waals surface area contributed by atoms with Gasteiger partial charge in [-0.25, -0.2) is 0 Å². The van der Waals surface area contributed by atoms with Crippen LogP contribution in [0.4, 0.5) is 0 Å². The number of rotatable bonds is 1. The Hall–Kier alpha value is -1.67. The molecule has 2 nitrogen and oxygen atoms in total. The van der Waals surface area contributed by atoms with Crippen LogP contribution in [0.25, 0.3) is 11.3 Å². The van der Waals surface area contributed by atoms with Crippen LogP contribution in [0.5, 0.6) is 0 Å². The minimum absolute atomic E-state index is 0.427. The molecule has 17 heavy (non-hydrogen) atoms. The molecule has 0 saturated carbocycles. The number of hydrogen-bond donors (Lipinski definition) is 1. The molecular weight excluding hydrogens is 208 g/mol. The Balaban J connectivity index is 2.04. The van der Waals surface area contributed by atoms with Gasteiger partial charge < -0.3 is 5.32 Å². The van der Waals surface area contributed by atoms with Gasteiger partial charge in [-0.2, -0.15) is 0 Å². The van der Waals surface area contributed by atoms with E-state index in [1.165, 1.54) is 16.8 Å². The molecule has 86 valence electrons. The third-order valence-electron chi connectivity index (χ3n) is 3.36. The van der Waals surface area contributed by atoms with E-state index in [2.05, 4.69) is 48.6 Å². The summed E-state index contributed by atoms with van der Waals surface area (Å²) in [6, 6.07) is 15.1. The van der Waals surface area contributed by atoms with Gasteiger partial charge in [-0.3, -0.25) is 4.98 Å². The van der Waals surface area contributed by atoms with E-state index in [1.807, 2.05) is 6.07 Å². The Morgan fingerprint density at radius 3 is 2.76 bits per heavy atom. The van der Waals surface area contributed by atoms with Crippen molar-refractivity contribution in [2.45, 2.75) is 19.4 Å². The Labute approximate surface area is 102 Å². The van der Waals surface area contributed by atoms with E-state index in [9.17, 15) is 0 Å². The summed E-state index contributed by atoms with van der Waals surface area (Å²) >= 11 is 0. The van der Waals surface area contributed by atoms with Gasteiger partial charge in [0.15, 0.2) is 0 Å². The summed E-state index contributed by atoms with van der Waals surface area (Å²) in [7, 11) is 0. The minimum Gasteiger partial charge on any atom is -0.310 e. The summed E-state index contributed by atoms with van der Waals surface area (Å²) in [4.78, 5) is 4.79. The van der Waals surface area contributed by atoms with Crippen molar-refractivity contribution >= 4 is 0 Å². The van der Waals surface area contributed by atoms with Gasteiger partial charge in [0.1, 0.15) is 0 Å². The molecule has 1 atom stereocenters. The van der Waals surface area contributed by atoms with Gasteiger partial charge in [0.05, 0.1) is 5.69 Å². The topological polar surface area (TPSA) is 24.9 Å². The molecule has 1 aliphatic rings. The summed E-state index contributed by atoms with van der Waals surface area (Å²) in [5.74, 6) is 0. The van der Waals surface area contributed by atoms with Crippen LogP contribution in [0.1, 0.15) is 24.2 Å². The smallest absolute Gasteiger partial charge is 0.0705 e. The van der Waals surface area contributed by atoms with Crippen molar-refractivity contribution in [3.8, 4) is 11.3 Å². The molecule has 0 aliphatic carbocycles. The van der Waals surface area contributed by atoms with Crippen molar-refractivity contribution in [1.29, 1.82) is 0 Å². The van der Waals surface area contributed by atoms with E-state index < -0.39 is 0 Å². The molecule has 2 aromatic rings. The maximum absolute atomic E-state index is 4.79. The van der Waals surface area contributed by atoms with Gasteiger partial charge in [-0.05, 0) is 18.6 Å². The predicted octanol–water partition coefficient (Wildman–Crippen LogP) is 2.96. The third kappa shape index (κ3) is 1.96.